The van der Waals surface area contributed by atoms with E-state index in [1.807, 2.05) is 24.3 Å². The van der Waals surface area contributed by atoms with Gasteiger partial charge in [-0.1, -0.05) is 50.0 Å². The summed E-state index contributed by atoms with van der Waals surface area (Å²) < 4.78 is 12.5. The van der Waals surface area contributed by atoms with E-state index in [2.05, 4.69) is 26.1 Å². The molecule has 1 N–H and O–H groups in total. The number of hydrogen-bond acceptors (Lipinski definition) is 4. The molecule has 4 rings (SSSR count). The van der Waals surface area contributed by atoms with E-state index < -0.39 is 0 Å². The van der Waals surface area contributed by atoms with Gasteiger partial charge < -0.3 is 14.8 Å². The molecule has 2 heterocycles. The van der Waals surface area contributed by atoms with E-state index in [4.69, 9.17) is 37.8 Å². The molecule has 1 aromatic heterocycles. The number of benzene rings is 2. The van der Waals surface area contributed by atoms with Crippen molar-refractivity contribution in [3.63, 3.8) is 0 Å². The number of nitrogens with one attached hydrogen (secondary N) is 1. The van der Waals surface area contributed by atoms with Gasteiger partial charge in [-0.15, -0.1) is 0 Å². The second-order valence-electron chi connectivity index (χ2n) is 8.45. The van der Waals surface area contributed by atoms with Crippen molar-refractivity contribution in [3.8, 4) is 17.2 Å². The third kappa shape index (κ3) is 4.97. The van der Waals surface area contributed by atoms with Crippen LogP contribution in [0.5, 0.6) is 11.5 Å². The number of carbonyl (C=O) groups is 1. The van der Waals surface area contributed by atoms with Crippen LogP contribution in [0.3, 0.4) is 0 Å². The van der Waals surface area contributed by atoms with Crippen molar-refractivity contribution in [2.45, 2.75) is 39.2 Å². The zero-order chi connectivity index (χ0) is 22.2. The van der Waals surface area contributed by atoms with E-state index in [0.29, 0.717) is 28.1 Å². The topological polar surface area (TPSA) is 65.4 Å². The fraction of sp³-hybridized carbons (Fsp3) is 0.304. The minimum absolute atomic E-state index is 0.104. The molecule has 0 unspecified atom stereocenters. The summed E-state index contributed by atoms with van der Waals surface area (Å²) in [5, 5.41) is 8.78. The average molecular weight is 460 g/mol. The first kappa shape index (κ1) is 21.5. The van der Waals surface area contributed by atoms with Crippen molar-refractivity contribution in [2.24, 2.45) is 0 Å². The Labute approximate surface area is 191 Å². The maximum atomic E-state index is 12.6. The molecular weight excluding hydrogens is 437 g/mol. The molecule has 0 saturated heterocycles. The van der Waals surface area contributed by atoms with Crippen molar-refractivity contribution < 1.29 is 14.3 Å². The third-order valence-corrected chi connectivity index (χ3v) is 5.35. The SMILES string of the molecule is CC(C)(C)c1cc(CNC(=O)Cc2ccc3c(c2)OCO3)n(-c2cc(Cl)cc(Cl)c2)n1. The van der Waals surface area contributed by atoms with E-state index in [-0.39, 0.29) is 24.5 Å². The van der Waals surface area contributed by atoms with Crippen molar-refractivity contribution in [2.75, 3.05) is 6.79 Å². The summed E-state index contributed by atoms with van der Waals surface area (Å²) in [6, 6.07) is 12.8. The van der Waals surface area contributed by atoms with Crippen molar-refractivity contribution in [1.82, 2.24) is 15.1 Å². The largest absolute Gasteiger partial charge is 0.454 e. The summed E-state index contributed by atoms with van der Waals surface area (Å²) in [6.45, 7) is 6.79. The van der Waals surface area contributed by atoms with Crippen molar-refractivity contribution in [3.05, 3.63) is 69.5 Å². The fourth-order valence-electron chi connectivity index (χ4n) is 3.29. The lowest BCUT2D eigenvalue weighted by molar-refractivity contribution is -0.120. The van der Waals surface area contributed by atoms with Crippen LogP contribution in [0, 0.1) is 0 Å². The molecule has 3 aromatic rings. The molecule has 0 bridgehead atoms. The maximum absolute atomic E-state index is 12.6. The fourth-order valence-corrected chi connectivity index (χ4v) is 3.80. The lowest BCUT2D eigenvalue weighted by atomic mass is 9.92. The Hall–Kier alpha value is -2.70. The molecule has 1 aliphatic heterocycles. The van der Waals surface area contributed by atoms with Crippen LogP contribution in [-0.4, -0.2) is 22.5 Å². The van der Waals surface area contributed by atoms with Gasteiger partial charge in [0.05, 0.1) is 30.0 Å². The first-order valence-electron chi connectivity index (χ1n) is 9.90. The number of nitrogens with zero attached hydrogens (tertiary/aromatic N) is 2. The Morgan fingerprint density at radius 2 is 1.77 bits per heavy atom. The quantitative estimate of drug-likeness (QED) is 0.578. The lowest BCUT2D eigenvalue weighted by Crippen LogP contribution is -2.25. The molecule has 0 fully saturated rings. The molecule has 0 spiro atoms. The Bertz CT molecular complexity index is 1120. The summed E-state index contributed by atoms with van der Waals surface area (Å²) in [5.41, 5.74) is 3.19. The lowest BCUT2D eigenvalue weighted by Gasteiger charge is -2.14. The van der Waals surface area contributed by atoms with Crippen LogP contribution in [0.4, 0.5) is 0 Å². The van der Waals surface area contributed by atoms with Gasteiger partial charge in [-0.3, -0.25) is 4.79 Å². The van der Waals surface area contributed by atoms with Gasteiger partial charge in [0.15, 0.2) is 11.5 Å². The zero-order valence-corrected chi connectivity index (χ0v) is 19.0. The number of hydrogen-bond donors (Lipinski definition) is 1. The summed E-state index contributed by atoms with van der Waals surface area (Å²) in [4.78, 5) is 12.6. The Morgan fingerprint density at radius 3 is 2.48 bits per heavy atom. The molecule has 162 valence electrons. The second kappa shape index (κ2) is 8.44. The Kier molecular flexibility index (Phi) is 5.86. The highest BCUT2D eigenvalue weighted by Gasteiger charge is 2.21. The molecule has 0 aliphatic carbocycles. The smallest absolute Gasteiger partial charge is 0.231 e. The predicted octanol–water partition coefficient (Wildman–Crippen LogP) is 5.06. The van der Waals surface area contributed by atoms with Gasteiger partial charge in [-0.25, -0.2) is 4.68 Å². The number of fused-ring (bicyclic) bond motifs is 1. The first-order chi connectivity index (χ1) is 14.7. The average Bonchev–Trinajstić information content (AvgIpc) is 3.32. The number of amides is 1. The van der Waals surface area contributed by atoms with Crippen molar-refractivity contribution >= 4 is 29.1 Å². The van der Waals surface area contributed by atoms with Gasteiger partial charge in [-0.05, 0) is 42.0 Å². The number of aromatic nitrogens is 2. The molecule has 0 radical (unpaired) electrons. The Morgan fingerprint density at radius 1 is 1.06 bits per heavy atom. The highest BCUT2D eigenvalue weighted by atomic mass is 35.5. The second-order valence-corrected chi connectivity index (χ2v) is 9.32. The van der Waals surface area contributed by atoms with Gasteiger partial charge >= 0.3 is 0 Å². The number of halogens is 2. The van der Waals surface area contributed by atoms with Crippen molar-refractivity contribution in [1.29, 1.82) is 0 Å². The monoisotopic (exact) mass is 459 g/mol. The number of ether oxygens (including phenoxy) is 2. The zero-order valence-electron chi connectivity index (χ0n) is 17.5. The molecular formula is C23H23Cl2N3O3. The van der Waals surface area contributed by atoms with Crippen LogP contribution in [0.2, 0.25) is 10.0 Å². The van der Waals surface area contributed by atoms with E-state index in [1.165, 1.54) is 0 Å². The minimum Gasteiger partial charge on any atom is -0.454 e. The van der Waals surface area contributed by atoms with Gasteiger partial charge in [0.1, 0.15) is 0 Å². The minimum atomic E-state index is -0.154. The van der Waals surface area contributed by atoms with Gasteiger partial charge in [0.25, 0.3) is 0 Å². The maximum Gasteiger partial charge on any atom is 0.231 e. The molecule has 2 aromatic carbocycles. The predicted molar refractivity (Wildman–Crippen MR) is 120 cm³/mol. The molecule has 0 atom stereocenters. The van der Waals surface area contributed by atoms with Crippen LogP contribution in [0.1, 0.15) is 37.7 Å². The standard InChI is InChI=1S/C23H23Cl2N3O3/c1-23(2,3)21-11-18(28(27-21)17-9-15(24)8-16(25)10-17)12-26-22(29)7-14-4-5-19-20(6-14)31-13-30-19/h4-6,8-11H,7,12-13H2,1-3H3,(H,26,29). The number of carbonyl (C=O) groups excluding carboxylic acids is 1. The van der Waals surface area contributed by atoms with Crippen LogP contribution < -0.4 is 14.8 Å². The molecule has 1 aliphatic rings. The first-order valence-corrected chi connectivity index (χ1v) is 10.7. The van der Waals surface area contributed by atoms with E-state index in [1.54, 1.807) is 22.9 Å². The summed E-state index contributed by atoms with van der Waals surface area (Å²) in [5.74, 6) is 1.26. The van der Waals surface area contributed by atoms with Gasteiger partial charge in [0.2, 0.25) is 12.7 Å². The molecule has 8 heteroatoms. The van der Waals surface area contributed by atoms with E-state index in [9.17, 15) is 4.79 Å². The number of rotatable bonds is 5. The summed E-state index contributed by atoms with van der Waals surface area (Å²) >= 11 is 12.4. The van der Waals surface area contributed by atoms with Crippen LogP contribution in [-0.2, 0) is 23.2 Å². The molecule has 31 heavy (non-hydrogen) atoms. The van der Waals surface area contributed by atoms with E-state index >= 15 is 0 Å². The summed E-state index contributed by atoms with van der Waals surface area (Å²) in [7, 11) is 0. The van der Waals surface area contributed by atoms with Gasteiger partial charge in [-0.2, -0.15) is 5.10 Å². The summed E-state index contributed by atoms with van der Waals surface area (Å²) in [6.07, 6.45) is 0.236. The third-order valence-electron chi connectivity index (χ3n) is 4.91. The highest BCUT2D eigenvalue weighted by molar-refractivity contribution is 6.34. The molecule has 0 saturated carbocycles. The highest BCUT2D eigenvalue weighted by Crippen LogP contribution is 2.32. The van der Waals surface area contributed by atoms with Gasteiger partial charge in [0, 0.05) is 15.5 Å². The molecule has 1 amide bonds. The van der Waals surface area contributed by atoms with Crippen LogP contribution >= 0.6 is 23.2 Å². The normalized spacial score (nSPS) is 12.8. The Balaban J connectivity index is 1.53. The van der Waals surface area contributed by atoms with Crippen LogP contribution in [0.15, 0.2) is 42.5 Å². The van der Waals surface area contributed by atoms with Crippen LogP contribution in [0.25, 0.3) is 5.69 Å². The van der Waals surface area contributed by atoms with E-state index in [0.717, 1.165) is 22.6 Å². The molecule has 6 nitrogen and oxygen atoms in total.